The molecule has 0 aromatic carbocycles. The van der Waals surface area contributed by atoms with E-state index in [9.17, 15) is 9.18 Å². The van der Waals surface area contributed by atoms with Crippen LogP contribution in [-0.2, 0) is 10.2 Å². The Morgan fingerprint density at radius 2 is 2.11 bits per heavy atom. The van der Waals surface area contributed by atoms with Crippen LogP contribution in [0.2, 0.25) is 0 Å². The van der Waals surface area contributed by atoms with Gasteiger partial charge in [0.15, 0.2) is 5.82 Å². The molecule has 4 rings (SSSR count). The number of carbonyl (C=O) groups is 1. The third kappa shape index (κ3) is 3.03. The Labute approximate surface area is 155 Å². The number of aromatic nitrogens is 4. The minimum Gasteiger partial charge on any atom is -0.481 e. The van der Waals surface area contributed by atoms with Crippen molar-refractivity contribution in [3.05, 3.63) is 60.4 Å². The van der Waals surface area contributed by atoms with Crippen molar-refractivity contribution in [1.29, 1.82) is 0 Å². The number of pyridine rings is 2. The molecule has 1 saturated carbocycles. The van der Waals surface area contributed by atoms with Crippen LogP contribution in [0, 0.1) is 5.82 Å². The van der Waals surface area contributed by atoms with Crippen molar-refractivity contribution in [3.63, 3.8) is 0 Å². The molecule has 0 radical (unpaired) electrons. The van der Waals surface area contributed by atoms with Gasteiger partial charge in [-0.15, -0.1) is 0 Å². The summed E-state index contributed by atoms with van der Waals surface area (Å²) in [6, 6.07) is 8.05. The third-order valence-electron chi connectivity index (χ3n) is 4.88. The number of methoxy groups -OCH3 is 1. The molecule has 3 aromatic heterocycles. The lowest BCUT2D eigenvalue weighted by molar-refractivity contribution is -0.124. The van der Waals surface area contributed by atoms with Gasteiger partial charge in [0.2, 0.25) is 11.8 Å². The molecule has 1 aliphatic rings. The highest BCUT2D eigenvalue weighted by Crippen LogP contribution is 2.44. The zero-order valence-corrected chi connectivity index (χ0v) is 14.7. The van der Waals surface area contributed by atoms with Crippen molar-refractivity contribution in [2.24, 2.45) is 0 Å². The quantitative estimate of drug-likeness (QED) is 0.750. The third-order valence-corrected chi connectivity index (χ3v) is 4.88. The van der Waals surface area contributed by atoms with Crippen molar-refractivity contribution in [2.45, 2.75) is 24.7 Å². The first-order valence-electron chi connectivity index (χ1n) is 8.61. The van der Waals surface area contributed by atoms with Gasteiger partial charge in [-0.05, 0) is 31.0 Å². The predicted octanol–water partition coefficient (Wildman–Crippen LogP) is 2.87. The number of hydrogen-bond donors (Lipinski definition) is 1. The molecule has 27 heavy (non-hydrogen) atoms. The predicted molar refractivity (Wildman–Crippen MR) is 96.3 cm³/mol. The summed E-state index contributed by atoms with van der Waals surface area (Å²) in [4.78, 5) is 21.1. The average Bonchev–Trinajstić information content (AvgIpc) is 3.11. The molecule has 0 atom stereocenters. The fraction of sp³-hybridized carbons (Fsp3) is 0.263. The second-order valence-corrected chi connectivity index (χ2v) is 6.43. The molecule has 3 heterocycles. The van der Waals surface area contributed by atoms with E-state index in [0.717, 1.165) is 12.1 Å². The van der Waals surface area contributed by atoms with Crippen LogP contribution in [-0.4, -0.2) is 32.8 Å². The number of nitrogens with zero attached hydrogens (tertiary/aromatic N) is 4. The minimum absolute atomic E-state index is 0.201. The fourth-order valence-corrected chi connectivity index (χ4v) is 3.26. The van der Waals surface area contributed by atoms with E-state index in [1.807, 2.05) is 0 Å². The van der Waals surface area contributed by atoms with E-state index in [1.54, 1.807) is 35.3 Å². The highest BCUT2D eigenvalue weighted by Gasteiger charge is 2.48. The van der Waals surface area contributed by atoms with Gasteiger partial charge < -0.3 is 10.1 Å². The molecule has 1 fully saturated rings. The number of nitrogens with one attached hydrogen (secondary N) is 1. The number of anilines is 1. The van der Waals surface area contributed by atoms with E-state index >= 15 is 0 Å². The van der Waals surface area contributed by atoms with Gasteiger partial charge in [0.25, 0.3) is 0 Å². The Morgan fingerprint density at radius 3 is 2.81 bits per heavy atom. The summed E-state index contributed by atoms with van der Waals surface area (Å²) in [6.07, 6.45) is 6.83. The Kier molecular flexibility index (Phi) is 4.31. The summed E-state index contributed by atoms with van der Waals surface area (Å²) in [5.74, 6) is 0.108. The molecule has 8 heteroatoms. The summed E-state index contributed by atoms with van der Waals surface area (Å²) >= 11 is 0. The van der Waals surface area contributed by atoms with E-state index in [0.29, 0.717) is 24.5 Å². The molecular formula is C19H18FN5O2. The molecule has 7 nitrogen and oxygen atoms in total. The fourth-order valence-electron chi connectivity index (χ4n) is 3.26. The van der Waals surface area contributed by atoms with E-state index < -0.39 is 11.2 Å². The van der Waals surface area contributed by atoms with Crippen LogP contribution in [0.25, 0.3) is 5.69 Å². The molecule has 0 spiro atoms. The van der Waals surface area contributed by atoms with Crippen LogP contribution >= 0.6 is 0 Å². The standard InChI is InChI=1S/C19H18FN5O2/c1-27-16-12-13(5-10-21-16)25-11-6-15(24-25)23-18(26)19(7-3-8-19)17-14(20)4-2-9-22-17/h2,4-6,9-12H,3,7-8H2,1H3,(H,23,24,26). The van der Waals surface area contributed by atoms with Gasteiger partial charge in [0, 0.05) is 30.7 Å². The highest BCUT2D eigenvalue weighted by atomic mass is 19.1. The first-order valence-corrected chi connectivity index (χ1v) is 8.61. The number of rotatable bonds is 5. The van der Waals surface area contributed by atoms with Gasteiger partial charge in [0.05, 0.1) is 23.9 Å². The topological polar surface area (TPSA) is 81.9 Å². The second kappa shape index (κ2) is 6.79. The van der Waals surface area contributed by atoms with Crippen molar-refractivity contribution in [1.82, 2.24) is 19.7 Å². The SMILES string of the molecule is COc1cc(-n2ccc(NC(=O)C3(c4ncccc4F)CCC3)n2)ccn1. The molecular weight excluding hydrogens is 349 g/mol. The van der Waals surface area contributed by atoms with Gasteiger partial charge in [-0.25, -0.2) is 14.1 Å². The Bertz CT molecular complexity index is 983. The zero-order chi connectivity index (χ0) is 18.9. The van der Waals surface area contributed by atoms with Crippen LogP contribution in [0.1, 0.15) is 25.0 Å². The second-order valence-electron chi connectivity index (χ2n) is 6.43. The van der Waals surface area contributed by atoms with Crippen molar-refractivity contribution < 1.29 is 13.9 Å². The summed E-state index contributed by atoms with van der Waals surface area (Å²) < 4.78 is 20.9. The molecule has 0 aliphatic heterocycles. The number of ether oxygens (including phenoxy) is 1. The Hall–Kier alpha value is -3.29. The first-order chi connectivity index (χ1) is 13.1. The number of halogens is 1. The first kappa shape index (κ1) is 17.1. The average molecular weight is 367 g/mol. The summed E-state index contributed by atoms with van der Waals surface area (Å²) in [7, 11) is 1.54. The largest absolute Gasteiger partial charge is 0.481 e. The molecule has 1 N–H and O–H groups in total. The maximum absolute atomic E-state index is 14.2. The molecule has 0 saturated heterocycles. The highest BCUT2D eigenvalue weighted by molar-refractivity contribution is 5.99. The molecule has 3 aromatic rings. The van der Waals surface area contributed by atoms with Crippen molar-refractivity contribution in [2.75, 3.05) is 12.4 Å². The molecule has 1 aliphatic carbocycles. The van der Waals surface area contributed by atoms with Crippen LogP contribution < -0.4 is 10.1 Å². The molecule has 0 bridgehead atoms. The van der Waals surface area contributed by atoms with E-state index in [2.05, 4.69) is 20.4 Å². The lowest BCUT2D eigenvalue weighted by Crippen LogP contribution is -2.47. The van der Waals surface area contributed by atoms with Crippen LogP contribution in [0.4, 0.5) is 10.2 Å². The van der Waals surface area contributed by atoms with Gasteiger partial charge in [-0.3, -0.25) is 9.78 Å². The minimum atomic E-state index is -0.936. The maximum atomic E-state index is 14.2. The smallest absolute Gasteiger partial charge is 0.237 e. The Morgan fingerprint density at radius 1 is 1.26 bits per heavy atom. The van der Waals surface area contributed by atoms with E-state index in [4.69, 9.17) is 4.74 Å². The molecule has 0 unspecified atom stereocenters. The summed E-state index contributed by atoms with van der Waals surface area (Å²) in [5.41, 5.74) is 0.0122. The normalized spacial score (nSPS) is 15.0. The van der Waals surface area contributed by atoms with Crippen LogP contribution in [0.3, 0.4) is 0 Å². The van der Waals surface area contributed by atoms with Gasteiger partial charge in [-0.2, -0.15) is 5.10 Å². The number of carbonyl (C=O) groups excluding carboxylic acids is 1. The monoisotopic (exact) mass is 367 g/mol. The molecule has 138 valence electrons. The van der Waals surface area contributed by atoms with Crippen LogP contribution in [0.5, 0.6) is 5.88 Å². The van der Waals surface area contributed by atoms with Crippen LogP contribution in [0.15, 0.2) is 48.9 Å². The maximum Gasteiger partial charge on any atom is 0.237 e. The Balaban J connectivity index is 1.57. The summed E-state index contributed by atoms with van der Waals surface area (Å²) in [6.45, 7) is 0. The van der Waals surface area contributed by atoms with Gasteiger partial charge >= 0.3 is 0 Å². The van der Waals surface area contributed by atoms with Crippen molar-refractivity contribution >= 4 is 11.7 Å². The van der Waals surface area contributed by atoms with E-state index in [-0.39, 0.29) is 11.6 Å². The number of hydrogen-bond acceptors (Lipinski definition) is 5. The number of amides is 1. The summed E-state index contributed by atoms with van der Waals surface area (Å²) in [5, 5.41) is 7.18. The van der Waals surface area contributed by atoms with Gasteiger partial charge in [-0.1, -0.05) is 6.42 Å². The lowest BCUT2D eigenvalue weighted by atomic mass is 9.65. The van der Waals surface area contributed by atoms with Crippen molar-refractivity contribution in [3.8, 4) is 11.6 Å². The van der Waals surface area contributed by atoms with Gasteiger partial charge in [0.1, 0.15) is 5.82 Å². The molecule has 1 amide bonds. The lowest BCUT2D eigenvalue weighted by Gasteiger charge is -2.39. The zero-order valence-electron chi connectivity index (χ0n) is 14.7. The van der Waals surface area contributed by atoms with E-state index in [1.165, 1.54) is 25.4 Å².